The van der Waals surface area contributed by atoms with Crippen molar-refractivity contribution in [3.63, 3.8) is 0 Å². The van der Waals surface area contributed by atoms with Gasteiger partial charge in [-0.1, -0.05) is 54.6 Å². The first-order valence-corrected chi connectivity index (χ1v) is 9.35. The lowest BCUT2D eigenvalue weighted by Crippen LogP contribution is -2.02. The number of aromatic nitrogens is 2. The van der Waals surface area contributed by atoms with Crippen molar-refractivity contribution in [1.29, 1.82) is 0 Å². The monoisotopic (exact) mass is 370 g/mol. The predicted molar refractivity (Wildman–Crippen MR) is 114 cm³/mol. The molecule has 3 aromatic carbocycles. The highest BCUT2D eigenvalue weighted by Gasteiger charge is 2.08. The number of hydrogen-bond donors (Lipinski definition) is 1. The molecule has 140 valence electrons. The van der Waals surface area contributed by atoms with Crippen LogP contribution in [0.5, 0.6) is 5.75 Å². The van der Waals surface area contributed by atoms with E-state index in [1.165, 1.54) is 0 Å². The third-order valence-electron chi connectivity index (χ3n) is 4.50. The Hall–Kier alpha value is -3.60. The van der Waals surface area contributed by atoms with Gasteiger partial charge in [-0.15, -0.1) is 0 Å². The van der Waals surface area contributed by atoms with E-state index in [0.717, 1.165) is 40.4 Å². The number of benzene rings is 3. The van der Waals surface area contributed by atoms with E-state index in [1.54, 1.807) is 6.21 Å². The van der Waals surface area contributed by atoms with Crippen LogP contribution in [0, 0.1) is 0 Å². The smallest absolute Gasteiger partial charge is 0.224 e. The van der Waals surface area contributed by atoms with Crippen LogP contribution in [0.25, 0.3) is 11.0 Å². The van der Waals surface area contributed by atoms with Crippen LogP contribution in [0.4, 0.5) is 5.95 Å². The number of imidazole rings is 1. The predicted octanol–water partition coefficient (Wildman–Crippen LogP) is 5.08. The summed E-state index contributed by atoms with van der Waals surface area (Å²) < 4.78 is 8.08. The van der Waals surface area contributed by atoms with E-state index >= 15 is 0 Å². The lowest BCUT2D eigenvalue weighted by Gasteiger charge is -2.09. The van der Waals surface area contributed by atoms with Gasteiger partial charge < -0.3 is 9.30 Å². The van der Waals surface area contributed by atoms with Gasteiger partial charge in [-0.05, 0) is 36.8 Å². The van der Waals surface area contributed by atoms with E-state index in [9.17, 15) is 0 Å². The molecule has 28 heavy (non-hydrogen) atoms. The third-order valence-corrected chi connectivity index (χ3v) is 4.50. The van der Waals surface area contributed by atoms with Crippen LogP contribution in [0.1, 0.15) is 18.1 Å². The molecule has 0 saturated carbocycles. The lowest BCUT2D eigenvalue weighted by atomic mass is 10.2. The summed E-state index contributed by atoms with van der Waals surface area (Å²) in [5, 5.41) is 4.39. The summed E-state index contributed by atoms with van der Waals surface area (Å²) >= 11 is 0. The summed E-state index contributed by atoms with van der Waals surface area (Å²) in [7, 11) is 0. The van der Waals surface area contributed by atoms with Gasteiger partial charge >= 0.3 is 0 Å². The second-order valence-corrected chi connectivity index (χ2v) is 6.35. The van der Waals surface area contributed by atoms with Crippen molar-refractivity contribution in [2.45, 2.75) is 20.1 Å². The first-order valence-electron chi connectivity index (χ1n) is 9.35. The summed E-state index contributed by atoms with van der Waals surface area (Å²) in [6.45, 7) is 3.43. The van der Waals surface area contributed by atoms with Crippen molar-refractivity contribution in [3.8, 4) is 5.75 Å². The minimum Gasteiger partial charge on any atom is -0.488 e. The number of para-hydroxylation sites is 3. The fourth-order valence-electron chi connectivity index (χ4n) is 3.09. The maximum atomic E-state index is 5.98. The second kappa shape index (κ2) is 8.39. The van der Waals surface area contributed by atoms with Gasteiger partial charge in [0.1, 0.15) is 12.4 Å². The quantitative estimate of drug-likeness (QED) is 0.364. The van der Waals surface area contributed by atoms with E-state index in [2.05, 4.69) is 33.1 Å². The molecule has 0 spiro atoms. The molecule has 0 aliphatic rings. The number of ether oxygens (including phenoxy) is 1. The number of hydrazone groups is 1. The van der Waals surface area contributed by atoms with Gasteiger partial charge in [-0.25, -0.2) is 10.4 Å². The van der Waals surface area contributed by atoms with Crippen molar-refractivity contribution in [3.05, 3.63) is 90.0 Å². The summed E-state index contributed by atoms with van der Waals surface area (Å²) in [5.74, 6) is 1.52. The number of hydrogen-bond acceptors (Lipinski definition) is 4. The first kappa shape index (κ1) is 17.8. The lowest BCUT2D eigenvalue weighted by molar-refractivity contribution is 0.306. The topological polar surface area (TPSA) is 51.4 Å². The molecule has 0 fully saturated rings. The van der Waals surface area contributed by atoms with Gasteiger partial charge in [-0.2, -0.15) is 5.10 Å². The van der Waals surface area contributed by atoms with E-state index in [4.69, 9.17) is 4.74 Å². The van der Waals surface area contributed by atoms with Crippen LogP contribution in [0.2, 0.25) is 0 Å². The standard InChI is InChI=1S/C23H22N4O/c1-2-27-21-14-8-7-13-20(21)25-23(27)26-24-16-19-12-6-9-15-22(19)28-17-18-10-4-3-5-11-18/h3-16H,2,17H2,1H3,(H,25,26)/b24-16-. The van der Waals surface area contributed by atoms with Gasteiger partial charge in [0.2, 0.25) is 5.95 Å². The van der Waals surface area contributed by atoms with Crippen molar-refractivity contribution < 1.29 is 4.74 Å². The molecule has 4 aromatic rings. The highest BCUT2D eigenvalue weighted by atomic mass is 16.5. The molecule has 0 amide bonds. The molecule has 0 unspecified atom stereocenters. The SMILES string of the molecule is CCn1c(N/N=C\c2ccccc2OCc2ccccc2)nc2ccccc21. The number of fused-ring (bicyclic) bond motifs is 1. The van der Waals surface area contributed by atoms with Gasteiger partial charge in [0, 0.05) is 12.1 Å². The molecule has 1 aromatic heterocycles. The number of nitrogens with one attached hydrogen (secondary N) is 1. The number of aryl methyl sites for hydroxylation is 1. The molecule has 0 aliphatic heterocycles. The summed E-state index contributed by atoms with van der Waals surface area (Å²) in [6.07, 6.45) is 1.76. The summed E-state index contributed by atoms with van der Waals surface area (Å²) in [5.41, 5.74) is 7.15. The average Bonchev–Trinajstić information content (AvgIpc) is 3.11. The fourth-order valence-corrected chi connectivity index (χ4v) is 3.09. The number of rotatable bonds is 7. The maximum absolute atomic E-state index is 5.98. The van der Waals surface area contributed by atoms with Gasteiger partial charge in [0.15, 0.2) is 0 Å². The Kier molecular flexibility index (Phi) is 5.33. The minimum atomic E-state index is 0.519. The molecule has 5 heteroatoms. The summed E-state index contributed by atoms with van der Waals surface area (Å²) in [6, 6.07) is 26.0. The Morgan fingerprint density at radius 1 is 0.964 bits per heavy atom. The van der Waals surface area contributed by atoms with E-state index in [1.807, 2.05) is 72.8 Å². The Labute approximate surface area is 164 Å². The Morgan fingerprint density at radius 2 is 1.71 bits per heavy atom. The van der Waals surface area contributed by atoms with Gasteiger partial charge in [0.05, 0.1) is 17.2 Å². The third kappa shape index (κ3) is 3.88. The molecule has 0 atom stereocenters. The van der Waals surface area contributed by atoms with E-state index in [-0.39, 0.29) is 0 Å². The van der Waals surface area contributed by atoms with Crippen LogP contribution >= 0.6 is 0 Å². The van der Waals surface area contributed by atoms with Crippen molar-refractivity contribution in [2.75, 3.05) is 5.43 Å². The number of nitrogens with zero attached hydrogens (tertiary/aromatic N) is 3. The number of anilines is 1. The second-order valence-electron chi connectivity index (χ2n) is 6.35. The Balaban J connectivity index is 1.49. The summed E-state index contributed by atoms with van der Waals surface area (Å²) in [4.78, 5) is 4.62. The molecule has 0 aliphatic carbocycles. The average molecular weight is 370 g/mol. The molecule has 1 heterocycles. The van der Waals surface area contributed by atoms with Crippen LogP contribution in [-0.4, -0.2) is 15.8 Å². The zero-order valence-corrected chi connectivity index (χ0v) is 15.7. The Morgan fingerprint density at radius 3 is 2.57 bits per heavy atom. The van der Waals surface area contributed by atoms with Crippen LogP contribution in [0.15, 0.2) is 84.0 Å². The zero-order valence-electron chi connectivity index (χ0n) is 15.7. The fraction of sp³-hybridized carbons (Fsp3) is 0.130. The molecule has 0 bridgehead atoms. The first-order chi connectivity index (χ1) is 13.8. The Bertz CT molecular complexity index is 1090. The normalized spacial score (nSPS) is 11.2. The van der Waals surface area contributed by atoms with E-state index < -0.39 is 0 Å². The molecule has 0 radical (unpaired) electrons. The highest BCUT2D eigenvalue weighted by Crippen LogP contribution is 2.20. The van der Waals surface area contributed by atoms with E-state index in [0.29, 0.717) is 6.61 Å². The van der Waals surface area contributed by atoms with Crippen molar-refractivity contribution in [2.24, 2.45) is 5.10 Å². The van der Waals surface area contributed by atoms with Gasteiger partial charge in [0.25, 0.3) is 0 Å². The van der Waals surface area contributed by atoms with Crippen LogP contribution < -0.4 is 10.2 Å². The molecular weight excluding hydrogens is 348 g/mol. The van der Waals surface area contributed by atoms with Gasteiger partial charge in [-0.3, -0.25) is 0 Å². The highest BCUT2D eigenvalue weighted by molar-refractivity contribution is 5.84. The minimum absolute atomic E-state index is 0.519. The van der Waals surface area contributed by atoms with Crippen LogP contribution in [-0.2, 0) is 13.2 Å². The largest absolute Gasteiger partial charge is 0.488 e. The molecule has 1 N–H and O–H groups in total. The zero-order chi connectivity index (χ0) is 19.2. The molecular formula is C23H22N4O. The maximum Gasteiger partial charge on any atom is 0.224 e. The van der Waals surface area contributed by atoms with Crippen molar-refractivity contribution in [1.82, 2.24) is 9.55 Å². The van der Waals surface area contributed by atoms with Crippen molar-refractivity contribution >= 4 is 23.2 Å². The molecule has 4 rings (SSSR count). The van der Waals surface area contributed by atoms with Crippen LogP contribution in [0.3, 0.4) is 0 Å². The molecule has 0 saturated heterocycles. The molecule has 5 nitrogen and oxygen atoms in total.